The number of hydrogen-bond donors (Lipinski definition) is 0. The summed E-state index contributed by atoms with van der Waals surface area (Å²) in [6.45, 7) is 3.52. The average Bonchev–Trinajstić information content (AvgIpc) is 3.00. The Hall–Kier alpha value is -3.08. The van der Waals surface area contributed by atoms with Crippen molar-refractivity contribution in [2.75, 3.05) is 0 Å². The van der Waals surface area contributed by atoms with Crippen LogP contribution in [0.1, 0.15) is 29.9 Å². The largest absolute Gasteiger partial charge is 0.290 e. The second-order valence-corrected chi connectivity index (χ2v) is 7.14. The van der Waals surface area contributed by atoms with Gasteiger partial charge in [0, 0.05) is 17.4 Å². The number of para-hydroxylation sites is 1. The number of halogens is 1. The highest BCUT2D eigenvalue weighted by molar-refractivity contribution is 6.47. The third kappa shape index (κ3) is 2.47. The van der Waals surface area contributed by atoms with Crippen LogP contribution in [0.15, 0.2) is 54.6 Å². The maximum Gasteiger partial charge on any atom is 0.233 e. The number of nitrogens with zero attached hydrogens (tertiary/aromatic N) is 2. The van der Waals surface area contributed by atoms with Gasteiger partial charge in [0.25, 0.3) is 0 Å². The molecule has 1 aliphatic carbocycles. The molecular weight excluding hydrogens is 331 g/mol. The molecular formula is C21H17FN2O2. The predicted octanol–water partition coefficient (Wildman–Crippen LogP) is 4.01. The first-order chi connectivity index (χ1) is 12.4. The summed E-state index contributed by atoms with van der Waals surface area (Å²) < 4.78 is 15.1. The fourth-order valence-corrected chi connectivity index (χ4v) is 3.38. The molecule has 0 aliphatic heterocycles. The lowest BCUT2D eigenvalue weighted by molar-refractivity contribution is -0.123. The second kappa shape index (κ2) is 5.73. The summed E-state index contributed by atoms with van der Waals surface area (Å²) in [6.07, 6.45) is 0.390. The van der Waals surface area contributed by atoms with Gasteiger partial charge in [-0.3, -0.25) is 9.59 Å². The molecule has 0 saturated carbocycles. The number of fused-ring (bicyclic) bond motifs is 1. The van der Waals surface area contributed by atoms with Crippen molar-refractivity contribution in [1.82, 2.24) is 9.78 Å². The predicted molar refractivity (Wildman–Crippen MR) is 95.8 cm³/mol. The van der Waals surface area contributed by atoms with Crippen molar-refractivity contribution >= 4 is 11.6 Å². The third-order valence-corrected chi connectivity index (χ3v) is 4.73. The summed E-state index contributed by atoms with van der Waals surface area (Å²) in [4.78, 5) is 25.4. The Morgan fingerprint density at radius 3 is 2.31 bits per heavy atom. The van der Waals surface area contributed by atoms with E-state index < -0.39 is 17.0 Å². The van der Waals surface area contributed by atoms with Crippen LogP contribution in [0.5, 0.6) is 0 Å². The lowest BCUT2D eigenvalue weighted by atomic mass is 9.74. The van der Waals surface area contributed by atoms with Crippen molar-refractivity contribution < 1.29 is 14.0 Å². The highest BCUT2D eigenvalue weighted by Crippen LogP contribution is 2.38. The molecule has 4 nitrogen and oxygen atoms in total. The van der Waals surface area contributed by atoms with E-state index in [0.717, 1.165) is 5.69 Å². The van der Waals surface area contributed by atoms with E-state index in [9.17, 15) is 14.0 Å². The van der Waals surface area contributed by atoms with Crippen LogP contribution in [-0.4, -0.2) is 21.3 Å². The first-order valence-corrected chi connectivity index (χ1v) is 8.41. The molecule has 0 radical (unpaired) electrons. The van der Waals surface area contributed by atoms with E-state index in [4.69, 9.17) is 0 Å². The normalized spacial score (nSPS) is 15.8. The van der Waals surface area contributed by atoms with E-state index in [0.29, 0.717) is 28.9 Å². The molecule has 1 aromatic heterocycles. The van der Waals surface area contributed by atoms with Crippen LogP contribution < -0.4 is 0 Å². The second-order valence-electron chi connectivity index (χ2n) is 7.14. The van der Waals surface area contributed by atoms with Crippen molar-refractivity contribution in [3.63, 3.8) is 0 Å². The first-order valence-electron chi connectivity index (χ1n) is 8.41. The van der Waals surface area contributed by atoms with Crippen molar-refractivity contribution in [2.24, 2.45) is 5.41 Å². The Morgan fingerprint density at radius 2 is 1.65 bits per heavy atom. The van der Waals surface area contributed by atoms with Gasteiger partial charge in [0.15, 0.2) is 0 Å². The van der Waals surface area contributed by atoms with Gasteiger partial charge in [0.2, 0.25) is 11.6 Å². The molecule has 0 amide bonds. The molecule has 0 unspecified atom stereocenters. The molecule has 0 bridgehead atoms. The summed E-state index contributed by atoms with van der Waals surface area (Å²) >= 11 is 0. The molecule has 130 valence electrons. The SMILES string of the molecule is CC1(C)Cc2nn(-c3ccccc3)c(-c3ccc(F)cc3)c2C(=O)C1=O. The minimum Gasteiger partial charge on any atom is -0.290 e. The molecule has 0 spiro atoms. The van der Waals surface area contributed by atoms with E-state index in [1.54, 1.807) is 30.7 Å². The lowest BCUT2D eigenvalue weighted by Gasteiger charge is -2.25. The van der Waals surface area contributed by atoms with E-state index in [2.05, 4.69) is 5.10 Å². The highest BCUT2D eigenvalue weighted by atomic mass is 19.1. The highest BCUT2D eigenvalue weighted by Gasteiger charge is 2.43. The minimum absolute atomic E-state index is 0.324. The number of aromatic nitrogens is 2. The zero-order valence-electron chi connectivity index (χ0n) is 14.5. The zero-order valence-corrected chi connectivity index (χ0v) is 14.5. The van der Waals surface area contributed by atoms with Gasteiger partial charge in [-0.2, -0.15) is 5.10 Å². The maximum atomic E-state index is 13.4. The third-order valence-electron chi connectivity index (χ3n) is 4.73. The van der Waals surface area contributed by atoms with Crippen LogP contribution in [-0.2, 0) is 11.2 Å². The number of hydrogen-bond acceptors (Lipinski definition) is 3. The number of ketones is 2. The average molecular weight is 348 g/mol. The van der Waals surface area contributed by atoms with Gasteiger partial charge >= 0.3 is 0 Å². The summed E-state index contributed by atoms with van der Waals surface area (Å²) in [5.74, 6) is -1.31. The number of rotatable bonds is 2. The van der Waals surface area contributed by atoms with Gasteiger partial charge < -0.3 is 0 Å². The summed E-state index contributed by atoms with van der Waals surface area (Å²) in [5.41, 5.74) is 2.09. The van der Waals surface area contributed by atoms with Crippen LogP contribution >= 0.6 is 0 Å². The molecule has 5 heteroatoms. The van der Waals surface area contributed by atoms with Gasteiger partial charge in [-0.15, -0.1) is 0 Å². The summed E-state index contributed by atoms with van der Waals surface area (Å²) in [5, 5.41) is 4.65. The maximum absolute atomic E-state index is 13.4. The molecule has 4 rings (SSSR count). The molecule has 2 aromatic carbocycles. The topological polar surface area (TPSA) is 52.0 Å². The quantitative estimate of drug-likeness (QED) is 0.658. The van der Waals surface area contributed by atoms with Crippen LogP contribution in [0.4, 0.5) is 4.39 Å². The number of carbonyl (C=O) groups excluding carboxylic acids is 2. The van der Waals surface area contributed by atoms with Crippen molar-refractivity contribution in [3.05, 3.63) is 71.7 Å². The van der Waals surface area contributed by atoms with Gasteiger partial charge in [0.1, 0.15) is 5.82 Å². The van der Waals surface area contributed by atoms with E-state index in [1.165, 1.54) is 12.1 Å². The minimum atomic E-state index is -0.778. The van der Waals surface area contributed by atoms with Gasteiger partial charge in [-0.25, -0.2) is 9.07 Å². The molecule has 26 heavy (non-hydrogen) atoms. The smallest absolute Gasteiger partial charge is 0.233 e. The Morgan fingerprint density at radius 1 is 1.00 bits per heavy atom. The van der Waals surface area contributed by atoms with Gasteiger partial charge in [0.05, 0.1) is 22.6 Å². The molecule has 0 N–H and O–H groups in total. The fourth-order valence-electron chi connectivity index (χ4n) is 3.38. The Balaban J connectivity index is 2.02. The van der Waals surface area contributed by atoms with Gasteiger partial charge in [-0.05, 0) is 36.4 Å². The van der Waals surface area contributed by atoms with Crippen molar-refractivity contribution in [3.8, 4) is 16.9 Å². The van der Waals surface area contributed by atoms with Gasteiger partial charge in [-0.1, -0.05) is 32.0 Å². The molecule has 1 aliphatic rings. The van der Waals surface area contributed by atoms with E-state index in [1.807, 2.05) is 30.3 Å². The molecule has 0 saturated heterocycles. The molecule has 0 atom stereocenters. The number of benzene rings is 2. The van der Waals surface area contributed by atoms with E-state index in [-0.39, 0.29) is 5.82 Å². The molecule has 1 heterocycles. The monoisotopic (exact) mass is 348 g/mol. The van der Waals surface area contributed by atoms with Crippen LogP contribution in [0.2, 0.25) is 0 Å². The standard InChI is InChI=1S/C21H17FN2O2/c1-21(2)12-16-17(19(25)20(21)26)18(13-8-10-14(22)11-9-13)24(23-16)15-6-4-3-5-7-15/h3-11H,12H2,1-2H3. The van der Waals surface area contributed by atoms with E-state index >= 15 is 0 Å². The van der Waals surface area contributed by atoms with Crippen LogP contribution in [0.25, 0.3) is 16.9 Å². The Labute approximate surface area is 150 Å². The molecule has 0 fully saturated rings. The fraction of sp³-hybridized carbons (Fsp3) is 0.190. The number of carbonyl (C=O) groups is 2. The van der Waals surface area contributed by atoms with Crippen LogP contribution in [0, 0.1) is 11.2 Å². The Bertz CT molecular complexity index is 1020. The summed E-state index contributed by atoms with van der Waals surface area (Å²) in [6, 6.07) is 15.3. The first kappa shape index (κ1) is 16.4. The lowest BCUT2D eigenvalue weighted by Crippen LogP contribution is -2.38. The summed E-state index contributed by atoms with van der Waals surface area (Å²) in [7, 11) is 0. The molecule has 3 aromatic rings. The van der Waals surface area contributed by atoms with Crippen molar-refractivity contribution in [1.29, 1.82) is 0 Å². The van der Waals surface area contributed by atoms with Crippen molar-refractivity contribution in [2.45, 2.75) is 20.3 Å². The zero-order chi connectivity index (χ0) is 18.5. The number of Topliss-reactive ketones (excluding diaryl/α,β-unsaturated/α-hetero) is 2. The van der Waals surface area contributed by atoms with Crippen LogP contribution in [0.3, 0.4) is 0 Å². The Kier molecular flexibility index (Phi) is 3.61.